The molecule has 5 aromatic carbocycles. The molecular formula is C38H33N3O3S. The summed E-state index contributed by atoms with van der Waals surface area (Å²) >= 11 is 1.42. The first kappa shape index (κ1) is 31.0. The van der Waals surface area contributed by atoms with Crippen LogP contribution in [0.15, 0.2) is 144 Å². The molecule has 0 aliphatic heterocycles. The molecule has 0 fully saturated rings. The van der Waals surface area contributed by atoms with Gasteiger partial charge in [0.25, 0.3) is 11.8 Å². The van der Waals surface area contributed by atoms with Crippen molar-refractivity contribution in [2.24, 2.45) is 0 Å². The fourth-order valence-electron chi connectivity index (χ4n) is 4.47. The van der Waals surface area contributed by atoms with Gasteiger partial charge in [0.2, 0.25) is 5.91 Å². The van der Waals surface area contributed by atoms with Gasteiger partial charge in [-0.3, -0.25) is 14.4 Å². The van der Waals surface area contributed by atoms with Gasteiger partial charge < -0.3 is 16.0 Å². The third-order valence-electron chi connectivity index (χ3n) is 6.97. The largest absolute Gasteiger partial charge is 0.325 e. The molecule has 6 nitrogen and oxygen atoms in total. The topological polar surface area (TPSA) is 87.3 Å². The van der Waals surface area contributed by atoms with Crippen molar-refractivity contribution in [1.29, 1.82) is 0 Å². The average molecular weight is 612 g/mol. The standard InChI is InChI=1S/C38H33N3O3S/c1-26-13-19-32(20-14-26)39-36(42)27(2)45-34-23-21-33(22-24-34)40-38(44)35(41-37(43)31-11-7-4-8-12-31)25-28-15-17-30(18-16-28)29-9-5-3-6-10-29/h3-25,27H,1-2H3,(H,39,42)(H,40,44)(H,41,43)/b35-25-. The van der Waals surface area contributed by atoms with Crippen LogP contribution in [-0.4, -0.2) is 23.0 Å². The molecule has 0 aromatic heterocycles. The fraction of sp³-hybridized carbons (Fsp3) is 0.0789. The molecule has 1 unspecified atom stereocenters. The Balaban J connectivity index is 1.27. The van der Waals surface area contributed by atoms with E-state index in [1.165, 1.54) is 11.8 Å². The number of thioether (sulfide) groups is 1. The Hall–Kier alpha value is -5.40. The molecule has 1 atom stereocenters. The van der Waals surface area contributed by atoms with Crippen LogP contribution in [0.1, 0.15) is 28.4 Å². The number of aryl methyl sites for hydroxylation is 1. The Morgan fingerprint density at radius 1 is 0.644 bits per heavy atom. The van der Waals surface area contributed by atoms with Crippen LogP contribution in [0.4, 0.5) is 11.4 Å². The van der Waals surface area contributed by atoms with Crippen molar-refractivity contribution in [3.63, 3.8) is 0 Å². The first-order valence-electron chi connectivity index (χ1n) is 14.5. The SMILES string of the molecule is Cc1ccc(NC(=O)C(C)Sc2ccc(NC(=O)/C(=C/c3ccc(-c4ccccc4)cc3)NC(=O)c3ccccc3)cc2)cc1. The average Bonchev–Trinajstić information content (AvgIpc) is 3.07. The summed E-state index contributed by atoms with van der Waals surface area (Å²) in [6, 6.07) is 41.5. The van der Waals surface area contributed by atoms with Crippen LogP contribution >= 0.6 is 11.8 Å². The molecule has 45 heavy (non-hydrogen) atoms. The molecule has 0 aliphatic carbocycles. The van der Waals surface area contributed by atoms with Crippen molar-refractivity contribution in [1.82, 2.24) is 5.32 Å². The van der Waals surface area contributed by atoms with Crippen molar-refractivity contribution in [2.45, 2.75) is 24.0 Å². The minimum absolute atomic E-state index is 0.0954. The van der Waals surface area contributed by atoms with Gasteiger partial charge in [-0.25, -0.2) is 0 Å². The number of hydrogen-bond acceptors (Lipinski definition) is 4. The summed E-state index contributed by atoms with van der Waals surface area (Å²) in [5.74, 6) is -0.942. The summed E-state index contributed by atoms with van der Waals surface area (Å²) in [6.07, 6.45) is 1.66. The van der Waals surface area contributed by atoms with Crippen LogP contribution in [0.3, 0.4) is 0 Å². The lowest BCUT2D eigenvalue weighted by atomic mass is 10.0. The van der Waals surface area contributed by atoms with Crippen molar-refractivity contribution >= 4 is 46.9 Å². The second kappa shape index (κ2) is 14.9. The second-order valence-corrected chi connectivity index (χ2v) is 11.9. The van der Waals surface area contributed by atoms with Crippen LogP contribution in [-0.2, 0) is 9.59 Å². The van der Waals surface area contributed by atoms with Gasteiger partial charge in [-0.2, -0.15) is 0 Å². The second-order valence-electron chi connectivity index (χ2n) is 10.5. The molecule has 0 spiro atoms. The Morgan fingerprint density at radius 3 is 1.84 bits per heavy atom. The highest BCUT2D eigenvalue weighted by Crippen LogP contribution is 2.26. The maximum absolute atomic E-state index is 13.5. The van der Waals surface area contributed by atoms with Crippen LogP contribution in [0, 0.1) is 6.92 Å². The number of carbonyl (C=O) groups excluding carboxylic acids is 3. The van der Waals surface area contributed by atoms with E-state index in [0.717, 1.165) is 32.8 Å². The normalized spacial score (nSPS) is 11.7. The molecule has 0 saturated heterocycles. The van der Waals surface area contributed by atoms with Gasteiger partial charge in [0, 0.05) is 21.8 Å². The number of rotatable bonds is 10. The molecule has 0 radical (unpaired) electrons. The smallest absolute Gasteiger partial charge is 0.272 e. The zero-order valence-corrected chi connectivity index (χ0v) is 25.8. The number of carbonyl (C=O) groups is 3. The molecule has 0 bridgehead atoms. The van der Waals surface area contributed by atoms with E-state index in [-0.39, 0.29) is 22.8 Å². The number of nitrogens with one attached hydrogen (secondary N) is 3. The monoisotopic (exact) mass is 611 g/mol. The third-order valence-corrected chi connectivity index (χ3v) is 8.08. The maximum atomic E-state index is 13.5. The van der Waals surface area contributed by atoms with Gasteiger partial charge in [-0.1, -0.05) is 90.5 Å². The fourth-order valence-corrected chi connectivity index (χ4v) is 5.33. The van der Waals surface area contributed by atoms with Crippen LogP contribution in [0.5, 0.6) is 0 Å². The van der Waals surface area contributed by atoms with Crippen LogP contribution < -0.4 is 16.0 Å². The molecule has 224 valence electrons. The highest BCUT2D eigenvalue weighted by Gasteiger charge is 2.17. The Kier molecular flexibility index (Phi) is 10.2. The summed E-state index contributed by atoms with van der Waals surface area (Å²) in [6.45, 7) is 3.85. The number of amides is 3. The van der Waals surface area contributed by atoms with Gasteiger partial charge >= 0.3 is 0 Å². The van der Waals surface area contributed by atoms with Crippen molar-refractivity contribution in [3.8, 4) is 11.1 Å². The van der Waals surface area contributed by atoms with E-state index in [9.17, 15) is 14.4 Å². The maximum Gasteiger partial charge on any atom is 0.272 e. The minimum Gasteiger partial charge on any atom is -0.325 e. The van der Waals surface area contributed by atoms with E-state index in [0.29, 0.717) is 11.3 Å². The summed E-state index contributed by atoms with van der Waals surface area (Å²) in [7, 11) is 0. The first-order chi connectivity index (χ1) is 21.8. The molecule has 5 rings (SSSR count). The highest BCUT2D eigenvalue weighted by atomic mass is 32.2. The zero-order valence-electron chi connectivity index (χ0n) is 25.0. The van der Waals surface area contributed by atoms with E-state index in [1.54, 1.807) is 42.5 Å². The van der Waals surface area contributed by atoms with E-state index in [4.69, 9.17) is 0 Å². The molecule has 0 aliphatic rings. The van der Waals surface area contributed by atoms with E-state index in [1.807, 2.05) is 111 Å². The van der Waals surface area contributed by atoms with E-state index < -0.39 is 5.91 Å². The van der Waals surface area contributed by atoms with Gasteiger partial charge in [0.15, 0.2) is 0 Å². The van der Waals surface area contributed by atoms with Crippen LogP contribution in [0.25, 0.3) is 17.2 Å². The molecule has 7 heteroatoms. The molecule has 0 heterocycles. The lowest BCUT2D eigenvalue weighted by molar-refractivity contribution is -0.115. The Labute approximate surface area is 267 Å². The zero-order chi connectivity index (χ0) is 31.6. The molecular weight excluding hydrogens is 579 g/mol. The first-order valence-corrected chi connectivity index (χ1v) is 15.4. The van der Waals surface area contributed by atoms with Crippen molar-refractivity contribution in [3.05, 3.63) is 156 Å². The molecule has 3 N–H and O–H groups in total. The molecule has 3 amide bonds. The minimum atomic E-state index is -0.460. The van der Waals surface area contributed by atoms with Crippen molar-refractivity contribution < 1.29 is 14.4 Å². The van der Waals surface area contributed by atoms with E-state index >= 15 is 0 Å². The number of benzene rings is 5. The Morgan fingerprint density at radius 2 is 1.20 bits per heavy atom. The number of anilines is 2. The van der Waals surface area contributed by atoms with Gasteiger partial charge in [0.1, 0.15) is 5.70 Å². The summed E-state index contributed by atoms with van der Waals surface area (Å²) in [4.78, 5) is 40.0. The summed E-state index contributed by atoms with van der Waals surface area (Å²) in [5.41, 5.74) is 5.89. The highest BCUT2D eigenvalue weighted by molar-refractivity contribution is 8.00. The molecule has 5 aromatic rings. The lowest BCUT2D eigenvalue weighted by Gasteiger charge is -2.14. The summed E-state index contributed by atoms with van der Waals surface area (Å²) < 4.78 is 0. The van der Waals surface area contributed by atoms with Crippen LogP contribution in [0.2, 0.25) is 0 Å². The van der Waals surface area contributed by atoms with E-state index in [2.05, 4.69) is 16.0 Å². The lowest BCUT2D eigenvalue weighted by Crippen LogP contribution is -2.30. The van der Waals surface area contributed by atoms with Gasteiger partial charge in [0.05, 0.1) is 5.25 Å². The quantitative estimate of drug-likeness (QED) is 0.110. The predicted molar refractivity (Wildman–Crippen MR) is 184 cm³/mol. The predicted octanol–water partition coefficient (Wildman–Crippen LogP) is 8.19. The summed E-state index contributed by atoms with van der Waals surface area (Å²) in [5, 5.41) is 8.28. The van der Waals surface area contributed by atoms with Gasteiger partial charge in [-0.15, -0.1) is 11.8 Å². The van der Waals surface area contributed by atoms with Gasteiger partial charge in [-0.05, 0) is 85.1 Å². The van der Waals surface area contributed by atoms with Crippen molar-refractivity contribution in [2.75, 3.05) is 10.6 Å². The molecule has 0 saturated carbocycles. The third kappa shape index (κ3) is 8.81. The number of hydrogen-bond donors (Lipinski definition) is 3. The Bertz CT molecular complexity index is 1790.